The second-order valence-electron chi connectivity index (χ2n) is 19.3. The van der Waals surface area contributed by atoms with Gasteiger partial charge in [0, 0.05) is 35.1 Å². The molecule has 0 aliphatic heterocycles. The van der Waals surface area contributed by atoms with E-state index < -0.39 is 0 Å². The molecule has 0 aromatic carbocycles. The van der Waals surface area contributed by atoms with Crippen LogP contribution in [0.5, 0.6) is 0 Å². The minimum atomic E-state index is -0.0718. The summed E-state index contributed by atoms with van der Waals surface area (Å²) in [6.45, 7) is 21.5. The third kappa shape index (κ3) is 6.26. The SMILES string of the molecule is C=C(C)[C@@H]1CC[C@]2(COC(=O)CC[n+]3ccccc3)CC[C@]3(C)C(CCC4[C@@]5(C)CC[C@H](OC(=O)CC[n+]6ccccc6)C(C)(C)C5CC[C@]43C)C12. The lowest BCUT2D eigenvalue weighted by atomic mass is 9.32. The Morgan fingerprint density at radius 2 is 1.33 bits per heavy atom. The molecule has 0 saturated heterocycles. The van der Waals surface area contributed by atoms with Gasteiger partial charge < -0.3 is 9.47 Å². The number of allylic oxidation sites excluding steroid dienone is 1. The summed E-state index contributed by atoms with van der Waals surface area (Å²) in [6, 6.07) is 12.0. The Labute approximate surface area is 313 Å². The molecule has 0 N–H and O–H groups in total. The van der Waals surface area contributed by atoms with Crippen LogP contribution < -0.4 is 9.13 Å². The molecule has 2 heterocycles. The van der Waals surface area contributed by atoms with Gasteiger partial charge in [-0.3, -0.25) is 9.59 Å². The van der Waals surface area contributed by atoms with Crippen molar-refractivity contribution in [1.82, 2.24) is 0 Å². The lowest BCUT2D eigenvalue weighted by Crippen LogP contribution is -2.67. The fraction of sp³-hybridized carbons (Fsp3) is 0.696. The summed E-state index contributed by atoms with van der Waals surface area (Å²) in [5.74, 6) is 2.66. The summed E-state index contributed by atoms with van der Waals surface area (Å²) >= 11 is 0. The second-order valence-corrected chi connectivity index (χ2v) is 19.3. The summed E-state index contributed by atoms with van der Waals surface area (Å²) in [6.07, 6.45) is 20.5. The number of nitrogens with zero attached hydrogens (tertiary/aromatic N) is 2. The van der Waals surface area contributed by atoms with E-state index in [-0.39, 0.29) is 45.1 Å². The van der Waals surface area contributed by atoms with Gasteiger partial charge in [0.15, 0.2) is 37.9 Å². The first-order chi connectivity index (χ1) is 24.7. The number of carbonyl (C=O) groups is 2. The van der Waals surface area contributed by atoms with Crippen LogP contribution in [0, 0.1) is 56.7 Å². The highest BCUT2D eigenvalue weighted by Crippen LogP contribution is 2.77. The van der Waals surface area contributed by atoms with Crippen LogP contribution >= 0.6 is 0 Å². The van der Waals surface area contributed by atoms with Crippen molar-refractivity contribution in [3.63, 3.8) is 0 Å². The first-order valence-electron chi connectivity index (χ1n) is 20.6. The summed E-state index contributed by atoms with van der Waals surface area (Å²) in [5, 5.41) is 0. The molecule has 5 saturated carbocycles. The zero-order chi connectivity index (χ0) is 36.9. The number of hydrogen-bond donors (Lipinski definition) is 0. The van der Waals surface area contributed by atoms with Crippen LogP contribution in [0.15, 0.2) is 73.3 Å². The van der Waals surface area contributed by atoms with Crippen LogP contribution in [0.4, 0.5) is 0 Å². The van der Waals surface area contributed by atoms with Gasteiger partial charge in [0.1, 0.15) is 18.9 Å². The van der Waals surface area contributed by atoms with Crippen molar-refractivity contribution in [3.05, 3.63) is 73.3 Å². The van der Waals surface area contributed by atoms with Gasteiger partial charge in [-0.05, 0) is 117 Å². The van der Waals surface area contributed by atoms with Crippen molar-refractivity contribution >= 4 is 11.9 Å². The minimum Gasteiger partial charge on any atom is -0.465 e. The van der Waals surface area contributed by atoms with Crippen LogP contribution in [0.3, 0.4) is 0 Å². The number of esters is 2. The molecule has 5 fully saturated rings. The highest BCUT2D eigenvalue weighted by Gasteiger charge is 2.71. The summed E-state index contributed by atoms with van der Waals surface area (Å²) in [5.41, 5.74) is 2.00. The Balaban J connectivity index is 1.06. The van der Waals surface area contributed by atoms with Gasteiger partial charge in [0.2, 0.25) is 0 Å². The molecule has 0 spiro atoms. The minimum absolute atomic E-state index is 0.0331. The summed E-state index contributed by atoms with van der Waals surface area (Å²) in [4.78, 5) is 26.3. The van der Waals surface area contributed by atoms with Crippen LogP contribution in [-0.4, -0.2) is 24.6 Å². The van der Waals surface area contributed by atoms with Gasteiger partial charge in [0.05, 0.1) is 6.61 Å². The maximum atomic E-state index is 13.2. The third-order valence-electron chi connectivity index (χ3n) is 16.7. The Kier molecular flexibility index (Phi) is 10.0. The molecule has 282 valence electrons. The van der Waals surface area contributed by atoms with Crippen molar-refractivity contribution in [2.24, 2.45) is 56.7 Å². The number of ether oxygens (including phenoxy) is 2. The lowest BCUT2D eigenvalue weighted by Gasteiger charge is -2.73. The lowest BCUT2D eigenvalue weighted by molar-refractivity contribution is -0.696. The second kappa shape index (κ2) is 14.0. The number of rotatable bonds is 10. The first-order valence-corrected chi connectivity index (χ1v) is 20.6. The standard InChI is InChI=1S/C46H66N2O4/c1-33(2)34-16-23-46(32-51-39(49)19-30-47-26-10-8-11-27-47)25-24-44(6)35(41(34)46)14-15-37-43(5)21-18-38(42(3,4)36(43)17-22-45(37,44)7)52-40(50)20-31-48-28-12-9-13-29-48/h8-13,26-29,34-38,41H,1,14-25,30-32H2,2-7H3/q+2/t34-,35?,36?,37?,38-,41?,43-,44+,45+,46+/m0/s1. The maximum Gasteiger partial charge on any atom is 0.312 e. The van der Waals surface area contributed by atoms with E-state index in [1.807, 2.05) is 61.2 Å². The number of hydrogen-bond acceptors (Lipinski definition) is 4. The highest BCUT2D eigenvalue weighted by atomic mass is 16.5. The molecule has 0 amide bonds. The molecular formula is C46H66N2O4+2. The topological polar surface area (TPSA) is 60.4 Å². The third-order valence-corrected chi connectivity index (χ3v) is 16.7. The maximum absolute atomic E-state index is 13.2. The van der Waals surface area contributed by atoms with Crippen LogP contribution in [0.2, 0.25) is 0 Å². The van der Waals surface area contributed by atoms with Crippen molar-refractivity contribution in [3.8, 4) is 0 Å². The van der Waals surface area contributed by atoms with Crippen LogP contribution in [0.1, 0.15) is 119 Å². The fourth-order valence-electron chi connectivity index (χ4n) is 13.8. The molecule has 2 aromatic rings. The van der Waals surface area contributed by atoms with E-state index in [0.717, 1.165) is 25.7 Å². The van der Waals surface area contributed by atoms with Gasteiger partial charge in [0.25, 0.3) is 0 Å². The molecule has 0 bridgehead atoms. The Bertz CT molecular complexity index is 1630. The van der Waals surface area contributed by atoms with E-state index in [1.165, 1.54) is 44.1 Å². The molecule has 5 aliphatic carbocycles. The van der Waals surface area contributed by atoms with Crippen molar-refractivity contribution in [2.45, 2.75) is 138 Å². The van der Waals surface area contributed by atoms with E-state index in [2.05, 4.69) is 57.3 Å². The van der Waals surface area contributed by atoms with Crippen LogP contribution in [0.25, 0.3) is 0 Å². The average molecular weight is 711 g/mol. The van der Waals surface area contributed by atoms with E-state index in [1.54, 1.807) is 0 Å². The fourth-order valence-corrected chi connectivity index (χ4v) is 13.8. The zero-order valence-corrected chi connectivity index (χ0v) is 33.1. The molecule has 4 unspecified atom stereocenters. The molecule has 2 aromatic heterocycles. The van der Waals surface area contributed by atoms with Gasteiger partial charge in [-0.25, -0.2) is 9.13 Å². The average Bonchev–Trinajstić information content (AvgIpc) is 3.52. The van der Waals surface area contributed by atoms with Gasteiger partial charge in [-0.1, -0.05) is 58.9 Å². The van der Waals surface area contributed by atoms with Crippen molar-refractivity contribution < 1.29 is 28.2 Å². The normalized spacial score (nSPS) is 38.9. The summed E-state index contributed by atoms with van der Waals surface area (Å²) in [7, 11) is 0. The predicted octanol–water partition coefficient (Wildman–Crippen LogP) is 8.85. The number of carbonyl (C=O) groups excluding carboxylic acids is 2. The van der Waals surface area contributed by atoms with Gasteiger partial charge >= 0.3 is 11.9 Å². The smallest absolute Gasteiger partial charge is 0.312 e. The molecule has 7 rings (SSSR count). The number of aryl methyl sites for hydroxylation is 2. The highest BCUT2D eigenvalue weighted by molar-refractivity contribution is 5.69. The molecule has 0 radical (unpaired) electrons. The molecule has 52 heavy (non-hydrogen) atoms. The first kappa shape index (κ1) is 37.3. The van der Waals surface area contributed by atoms with E-state index in [9.17, 15) is 9.59 Å². The monoisotopic (exact) mass is 711 g/mol. The molecule has 5 aliphatic rings. The molecule has 6 heteroatoms. The number of aromatic nitrogens is 2. The van der Waals surface area contributed by atoms with E-state index >= 15 is 0 Å². The zero-order valence-electron chi connectivity index (χ0n) is 33.1. The van der Waals surface area contributed by atoms with Gasteiger partial charge in [-0.15, -0.1) is 0 Å². The number of pyridine rings is 2. The number of fused-ring (bicyclic) bond motifs is 7. The van der Waals surface area contributed by atoms with Gasteiger partial charge in [-0.2, -0.15) is 0 Å². The largest absolute Gasteiger partial charge is 0.465 e. The molecule has 10 atom stereocenters. The quantitative estimate of drug-likeness (QED) is 0.141. The predicted molar refractivity (Wildman–Crippen MR) is 202 cm³/mol. The van der Waals surface area contributed by atoms with Crippen molar-refractivity contribution in [1.29, 1.82) is 0 Å². The Morgan fingerprint density at radius 3 is 1.96 bits per heavy atom. The molecular weight excluding hydrogens is 645 g/mol. The Hall–Kier alpha value is -3.02. The van der Waals surface area contributed by atoms with E-state index in [4.69, 9.17) is 9.47 Å². The Morgan fingerprint density at radius 1 is 0.692 bits per heavy atom. The van der Waals surface area contributed by atoms with Crippen molar-refractivity contribution in [2.75, 3.05) is 6.61 Å². The summed E-state index contributed by atoms with van der Waals surface area (Å²) < 4.78 is 16.7. The van der Waals surface area contributed by atoms with Crippen LogP contribution in [-0.2, 0) is 32.2 Å². The van der Waals surface area contributed by atoms with E-state index in [0.29, 0.717) is 62.1 Å². The molecule has 6 nitrogen and oxygen atoms in total.